The average molecular weight is 387 g/mol. The van der Waals surface area contributed by atoms with E-state index < -0.39 is 0 Å². The van der Waals surface area contributed by atoms with Crippen LogP contribution in [0.5, 0.6) is 0 Å². The summed E-state index contributed by atoms with van der Waals surface area (Å²) in [7, 11) is 3.86. The zero-order chi connectivity index (χ0) is 19.1. The number of nitrogens with zero attached hydrogens (tertiary/aromatic N) is 2. The number of ether oxygens (including phenoxy) is 1. The SMILES string of the molecule is COCCN(C)Cc1ccc(CC2CCN(C(=O)c3cccs3)CC2)cc1. The lowest BCUT2D eigenvalue weighted by atomic mass is 9.90. The van der Waals surface area contributed by atoms with Crippen molar-refractivity contribution in [3.05, 3.63) is 57.8 Å². The molecule has 0 spiro atoms. The van der Waals surface area contributed by atoms with E-state index in [0.29, 0.717) is 5.92 Å². The van der Waals surface area contributed by atoms with E-state index in [2.05, 4.69) is 36.2 Å². The second kappa shape index (κ2) is 10.0. The molecule has 0 unspecified atom stereocenters. The second-order valence-electron chi connectivity index (χ2n) is 7.46. The van der Waals surface area contributed by atoms with Crippen molar-refractivity contribution in [2.45, 2.75) is 25.8 Å². The van der Waals surface area contributed by atoms with E-state index >= 15 is 0 Å². The lowest BCUT2D eigenvalue weighted by Crippen LogP contribution is -2.38. The molecule has 3 rings (SSSR count). The van der Waals surface area contributed by atoms with Crippen molar-refractivity contribution in [1.82, 2.24) is 9.80 Å². The highest BCUT2D eigenvalue weighted by molar-refractivity contribution is 7.12. The molecule has 5 heteroatoms. The number of likely N-dealkylation sites (tertiary alicyclic amines) is 1. The largest absolute Gasteiger partial charge is 0.383 e. The van der Waals surface area contributed by atoms with Crippen LogP contribution in [0.3, 0.4) is 0 Å². The summed E-state index contributed by atoms with van der Waals surface area (Å²) in [6, 6.07) is 12.9. The normalized spacial score (nSPS) is 15.4. The van der Waals surface area contributed by atoms with Gasteiger partial charge in [0.25, 0.3) is 5.91 Å². The Morgan fingerprint density at radius 1 is 1.19 bits per heavy atom. The van der Waals surface area contributed by atoms with Crippen LogP contribution in [0.2, 0.25) is 0 Å². The molecule has 4 nitrogen and oxygen atoms in total. The first-order valence-electron chi connectivity index (χ1n) is 9.74. The van der Waals surface area contributed by atoms with Crippen LogP contribution >= 0.6 is 11.3 Å². The molecule has 0 bridgehead atoms. The highest BCUT2D eigenvalue weighted by atomic mass is 32.1. The van der Waals surface area contributed by atoms with Gasteiger partial charge in [0, 0.05) is 33.3 Å². The number of hydrogen-bond donors (Lipinski definition) is 0. The molecule has 2 heterocycles. The fourth-order valence-electron chi connectivity index (χ4n) is 3.65. The molecule has 1 saturated heterocycles. The first-order chi connectivity index (χ1) is 13.2. The van der Waals surface area contributed by atoms with Gasteiger partial charge >= 0.3 is 0 Å². The molecule has 0 radical (unpaired) electrons. The Balaban J connectivity index is 1.44. The van der Waals surface area contributed by atoms with E-state index in [0.717, 1.165) is 56.9 Å². The van der Waals surface area contributed by atoms with Gasteiger partial charge in [-0.1, -0.05) is 30.3 Å². The number of hydrogen-bond acceptors (Lipinski definition) is 4. The zero-order valence-corrected chi connectivity index (χ0v) is 17.2. The van der Waals surface area contributed by atoms with Crippen molar-refractivity contribution in [3.8, 4) is 0 Å². The summed E-state index contributed by atoms with van der Waals surface area (Å²) in [6.07, 6.45) is 3.30. The molecule has 27 heavy (non-hydrogen) atoms. The van der Waals surface area contributed by atoms with Gasteiger partial charge in [-0.2, -0.15) is 0 Å². The fourth-order valence-corrected chi connectivity index (χ4v) is 4.34. The van der Waals surface area contributed by atoms with Crippen LogP contribution in [0.15, 0.2) is 41.8 Å². The summed E-state index contributed by atoms with van der Waals surface area (Å²) < 4.78 is 5.13. The summed E-state index contributed by atoms with van der Waals surface area (Å²) in [5, 5.41) is 1.97. The number of carbonyl (C=O) groups excluding carboxylic acids is 1. The van der Waals surface area contributed by atoms with E-state index in [9.17, 15) is 4.79 Å². The van der Waals surface area contributed by atoms with Gasteiger partial charge in [-0.15, -0.1) is 11.3 Å². The Kier molecular flexibility index (Phi) is 7.44. The van der Waals surface area contributed by atoms with Crippen molar-refractivity contribution in [1.29, 1.82) is 0 Å². The van der Waals surface area contributed by atoms with Crippen LogP contribution < -0.4 is 0 Å². The molecule has 146 valence electrons. The molecular weight excluding hydrogens is 356 g/mol. The molecule has 1 aliphatic rings. The molecule has 1 fully saturated rings. The van der Waals surface area contributed by atoms with Crippen molar-refractivity contribution in [2.75, 3.05) is 40.4 Å². The molecule has 0 saturated carbocycles. The highest BCUT2D eigenvalue weighted by Gasteiger charge is 2.24. The van der Waals surface area contributed by atoms with Gasteiger partial charge in [0.15, 0.2) is 0 Å². The maximum atomic E-state index is 12.4. The van der Waals surface area contributed by atoms with Crippen LogP contribution in [0.1, 0.15) is 33.6 Å². The van der Waals surface area contributed by atoms with E-state index in [1.54, 1.807) is 7.11 Å². The summed E-state index contributed by atoms with van der Waals surface area (Å²) in [6.45, 7) is 4.42. The number of piperidine rings is 1. The van der Waals surface area contributed by atoms with Gasteiger partial charge in [0.05, 0.1) is 11.5 Å². The van der Waals surface area contributed by atoms with E-state index in [-0.39, 0.29) is 5.91 Å². The third-order valence-corrected chi connectivity index (χ3v) is 6.17. The summed E-state index contributed by atoms with van der Waals surface area (Å²) in [4.78, 5) is 17.6. The molecule has 2 aromatic rings. The number of amides is 1. The molecule has 0 N–H and O–H groups in total. The second-order valence-corrected chi connectivity index (χ2v) is 8.41. The summed E-state index contributed by atoms with van der Waals surface area (Å²) >= 11 is 1.54. The van der Waals surface area contributed by atoms with Gasteiger partial charge in [-0.05, 0) is 54.8 Å². The van der Waals surface area contributed by atoms with Crippen LogP contribution in [0.25, 0.3) is 0 Å². The first kappa shape index (κ1) is 20.1. The minimum absolute atomic E-state index is 0.199. The number of rotatable bonds is 8. The number of carbonyl (C=O) groups is 1. The maximum absolute atomic E-state index is 12.4. The zero-order valence-electron chi connectivity index (χ0n) is 16.4. The summed E-state index contributed by atoms with van der Waals surface area (Å²) in [5.74, 6) is 0.873. The van der Waals surface area contributed by atoms with E-state index in [1.807, 2.05) is 22.4 Å². The maximum Gasteiger partial charge on any atom is 0.263 e. The van der Waals surface area contributed by atoms with Gasteiger partial charge in [0.2, 0.25) is 0 Å². The van der Waals surface area contributed by atoms with Crippen molar-refractivity contribution in [3.63, 3.8) is 0 Å². The molecule has 1 aromatic carbocycles. The lowest BCUT2D eigenvalue weighted by molar-refractivity contribution is 0.0695. The van der Waals surface area contributed by atoms with Gasteiger partial charge < -0.3 is 9.64 Å². The lowest BCUT2D eigenvalue weighted by Gasteiger charge is -2.32. The molecular formula is C22H30N2O2S. The molecule has 1 amide bonds. The molecule has 1 aliphatic heterocycles. The van der Waals surface area contributed by atoms with Gasteiger partial charge in [-0.3, -0.25) is 9.69 Å². The third-order valence-electron chi connectivity index (χ3n) is 5.31. The number of benzene rings is 1. The highest BCUT2D eigenvalue weighted by Crippen LogP contribution is 2.24. The van der Waals surface area contributed by atoms with E-state index in [1.165, 1.54) is 22.5 Å². The Bertz CT molecular complexity index is 692. The predicted molar refractivity (Wildman–Crippen MR) is 111 cm³/mol. The van der Waals surface area contributed by atoms with Gasteiger partial charge in [-0.25, -0.2) is 0 Å². The van der Waals surface area contributed by atoms with Crippen LogP contribution in [-0.2, 0) is 17.7 Å². The predicted octanol–water partition coefficient (Wildman–Crippen LogP) is 3.92. The van der Waals surface area contributed by atoms with Crippen molar-refractivity contribution >= 4 is 17.2 Å². The smallest absolute Gasteiger partial charge is 0.263 e. The minimum Gasteiger partial charge on any atom is -0.383 e. The molecule has 0 aliphatic carbocycles. The van der Waals surface area contributed by atoms with Crippen LogP contribution in [0.4, 0.5) is 0 Å². The average Bonchev–Trinajstić information content (AvgIpc) is 3.23. The van der Waals surface area contributed by atoms with E-state index in [4.69, 9.17) is 4.74 Å². The Morgan fingerprint density at radius 2 is 1.89 bits per heavy atom. The van der Waals surface area contributed by atoms with Crippen LogP contribution in [-0.4, -0.2) is 56.1 Å². The first-order valence-corrected chi connectivity index (χ1v) is 10.6. The monoisotopic (exact) mass is 386 g/mol. The van der Waals surface area contributed by atoms with Crippen molar-refractivity contribution < 1.29 is 9.53 Å². The minimum atomic E-state index is 0.199. The number of likely N-dealkylation sites (N-methyl/N-ethyl adjacent to an activating group) is 1. The Labute approximate surface area is 166 Å². The molecule has 1 aromatic heterocycles. The third kappa shape index (κ3) is 5.89. The fraction of sp³-hybridized carbons (Fsp3) is 0.500. The topological polar surface area (TPSA) is 32.8 Å². The molecule has 0 atom stereocenters. The number of methoxy groups -OCH3 is 1. The summed E-state index contributed by atoms with van der Waals surface area (Å²) in [5.41, 5.74) is 2.75. The Morgan fingerprint density at radius 3 is 2.52 bits per heavy atom. The standard InChI is InChI=1S/C22H30N2O2S/c1-23(13-14-26-2)17-20-7-5-18(6-8-20)16-19-9-11-24(12-10-19)22(25)21-4-3-15-27-21/h3-8,15,19H,9-14,16-17H2,1-2H3. The van der Waals surface area contributed by atoms with Crippen molar-refractivity contribution in [2.24, 2.45) is 5.92 Å². The quantitative estimate of drug-likeness (QED) is 0.689. The van der Waals surface area contributed by atoms with Crippen LogP contribution in [0, 0.1) is 5.92 Å². The Hall–Kier alpha value is -1.69. The number of thiophene rings is 1. The van der Waals surface area contributed by atoms with Gasteiger partial charge in [0.1, 0.15) is 0 Å².